The van der Waals surface area contributed by atoms with Gasteiger partial charge in [0.25, 0.3) is 0 Å². The van der Waals surface area contributed by atoms with Crippen LogP contribution >= 0.6 is 0 Å². The van der Waals surface area contributed by atoms with Crippen molar-refractivity contribution in [2.75, 3.05) is 4.90 Å². The van der Waals surface area contributed by atoms with Crippen molar-refractivity contribution in [1.82, 2.24) is 0 Å². The molecular formula is C39H25N. The molecule has 1 aliphatic heterocycles. The first-order chi connectivity index (χ1) is 19.9. The highest BCUT2D eigenvalue weighted by Crippen LogP contribution is 2.63. The molecule has 1 aliphatic carbocycles. The molecule has 0 saturated heterocycles. The fraction of sp³-hybridized carbons (Fsp3) is 0.0256. The Kier molecular flexibility index (Phi) is 4.32. The Hall–Kier alpha value is -5.14. The monoisotopic (exact) mass is 507 g/mol. The standard InChI is InChI=1S/C39H25N/c1-2-14-27-26(13-1)25-38(31-18-4-3-15-28(27)31)40-36-23-11-9-21-34(36)39(35-22-10-12-24-37(35)40)32-19-7-5-16-29(32)30-17-6-8-20-33(30)39/h1-25H. The van der Waals surface area contributed by atoms with Gasteiger partial charge in [-0.3, -0.25) is 0 Å². The van der Waals surface area contributed by atoms with E-state index in [1.54, 1.807) is 0 Å². The van der Waals surface area contributed by atoms with Gasteiger partial charge in [-0.2, -0.15) is 0 Å². The van der Waals surface area contributed by atoms with Gasteiger partial charge in [0.1, 0.15) is 0 Å². The molecule has 1 heterocycles. The van der Waals surface area contributed by atoms with Crippen LogP contribution in [0.1, 0.15) is 22.3 Å². The summed E-state index contributed by atoms with van der Waals surface area (Å²) in [5, 5.41) is 5.08. The second-order valence-corrected chi connectivity index (χ2v) is 10.9. The average molecular weight is 508 g/mol. The second kappa shape index (κ2) is 7.94. The highest BCUT2D eigenvalue weighted by molar-refractivity contribution is 6.15. The molecule has 9 rings (SSSR count). The van der Waals surface area contributed by atoms with Crippen LogP contribution in [0.4, 0.5) is 17.1 Å². The third kappa shape index (κ3) is 2.62. The zero-order valence-corrected chi connectivity index (χ0v) is 21.9. The molecule has 1 nitrogen and oxygen atoms in total. The lowest BCUT2D eigenvalue weighted by molar-refractivity contribution is 0.753. The van der Waals surface area contributed by atoms with E-state index in [1.165, 1.54) is 72.0 Å². The van der Waals surface area contributed by atoms with Gasteiger partial charge in [-0.25, -0.2) is 0 Å². The number of hydrogen-bond donors (Lipinski definition) is 0. The summed E-state index contributed by atoms with van der Waals surface area (Å²) in [6.45, 7) is 0. The van der Waals surface area contributed by atoms with Gasteiger partial charge in [0, 0.05) is 5.39 Å². The Morgan fingerprint density at radius 1 is 0.350 bits per heavy atom. The van der Waals surface area contributed by atoms with Gasteiger partial charge in [-0.15, -0.1) is 0 Å². The van der Waals surface area contributed by atoms with Crippen LogP contribution in [0.15, 0.2) is 152 Å². The fourth-order valence-corrected chi connectivity index (χ4v) is 7.54. The lowest BCUT2D eigenvalue weighted by Crippen LogP contribution is -2.36. The molecule has 0 N–H and O–H groups in total. The number of fused-ring (bicyclic) bond motifs is 12. The molecule has 0 aromatic heterocycles. The van der Waals surface area contributed by atoms with E-state index in [4.69, 9.17) is 0 Å². The quantitative estimate of drug-likeness (QED) is 0.200. The first kappa shape index (κ1) is 21.8. The van der Waals surface area contributed by atoms with Gasteiger partial charge in [0.2, 0.25) is 0 Å². The lowest BCUT2D eigenvalue weighted by Gasteiger charge is -2.45. The highest BCUT2D eigenvalue weighted by atomic mass is 15.2. The Morgan fingerprint density at radius 3 is 1.43 bits per heavy atom. The number of rotatable bonds is 1. The van der Waals surface area contributed by atoms with Crippen LogP contribution in [-0.4, -0.2) is 0 Å². The number of benzene rings is 7. The summed E-state index contributed by atoms with van der Waals surface area (Å²) >= 11 is 0. The predicted octanol–water partition coefficient (Wildman–Crippen LogP) is 10.1. The van der Waals surface area contributed by atoms with Gasteiger partial charge in [0.05, 0.1) is 22.5 Å². The summed E-state index contributed by atoms with van der Waals surface area (Å²) in [5.74, 6) is 0. The Morgan fingerprint density at radius 2 is 0.800 bits per heavy atom. The van der Waals surface area contributed by atoms with E-state index in [0.29, 0.717) is 0 Å². The van der Waals surface area contributed by atoms with Crippen molar-refractivity contribution in [3.63, 3.8) is 0 Å². The van der Waals surface area contributed by atoms with E-state index in [-0.39, 0.29) is 5.41 Å². The largest absolute Gasteiger partial charge is 0.309 e. The molecule has 1 spiro atoms. The van der Waals surface area contributed by atoms with E-state index in [0.717, 1.165) is 0 Å². The maximum Gasteiger partial charge on any atom is 0.0754 e. The van der Waals surface area contributed by atoms with Crippen LogP contribution in [0, 0.1) is 0 Å². The smallest absolute Gasteiger partial charge is 0.0754 e. The van der Waals surface area contributed by atoms with Crippen molar-refractivity contribution >= 4 is 38.6 Å². The molecule has 0 unspecified atom stereocenters. The lowest BCUT2D eigenvalue weighted by atomic mass is 9.64. The SMILES string of the molecule is c1ccc2c(c1)-c1ccccc1C21c2ccccc2N(c2cc3ccccc3c3ccccc23)c2ccccc21. The molecule has 0 bridgehead atoms. The highest BCUT2D eigenvalue weighted by Gasteiger charge is 2.51. The molecule has 2 aliphatic rings. The van der Waals surface area contributed by atoms with E-state index in [9.17, 15) is 0 Å². The minimum absolute atomic E-state index is 0.385. The Balaban J connectivity index is 1.45. The minimum Gasteiger partial charge on any atom is -0.309 e. The van der Waals surface area contributed by atoms with Gasteiger partial charge in [-0.1, -0.05) is 133 Å². The molecular weight excluding hydrogens is 482 g/mol. The van der Waals surface area contributed by atoms with Crippen LogP contribution < -0.4 is 4.90 Å². The average Bonchev–Trinajstić information content (AvgIpc) is 3.32. The number of nitrogens with zero attached hydrogens (tertiary/aromatic N) is 1. The number of anilines is 3. The van der Waals surface area contributed by atoms with Gasteiger partial charge >= 0.3 is 0 Å². The molecule has 0 saturated carbocycles. The number of para-hydroxylation sites is 2. The van der Waals surface area contributed by atoms with Crippen molar-refractivity contribution in [3.8, 4) is 11.1 Å². The van der Waals surface area contributed by atoms with Crippen molar-refractivity contribution in [1.29, 1.82) is 0 Å². The molecule has 40 heavy (non-hydrogen) atoms. The van der Waals surface area contributed by atoms with Crippen molar-refractivity contribution < 1.29 is 0 Å². The summed E-state index contributed by atoms with van der Waals surface area (Å²) < 4.78 is 0. The summed E-state index contributed by atoms with van der Waals surface area (Å²) in [6.07, 6.45) is 0. The summed E-state index contributed by atoms with van der Waals surface area (Å²) in [4.78, 5) is 2.51. The van der Waals surface area contributed by atoms with E-state index < -0.39 is 0 Å². The third-order valence-electron chi connectivity index (χ3n) is 9.04. The van der Waals surface area contributed by atoms with Crippen LogP contribution in [0.25, 0.3) is 32.7 Å². The van der Waals surface area contributed by atoms with Crippen LogP contribution in [-0.2, 0) is 5.41 Å². The van der Waals surface area contributed by atoms with Gasteiger partial charge in [-0.05, 0) is 67.7 Å². The molecule has 186 valence electrons. The zero-order chi connectivity index (χ0) is 26.3. The zero-order valence-electron chi connectivity index (χ0n) is 21.9. The summed E-state index contributed by atoms with van der Waals surface area (Å²) in [7, 11) is 0. The van der Waals surface area contributed by atoms with Crippen molar-refractivity contribution in [2.24, 2.45) is 0 Å². The maximum absolute atomic E-state index is 2.51. The predicted molar refractivity (Wildman–Crippen MR) is 167 cm³/mol. The second-order valence-electron chi connectivity index (χ2n) is 10.9. The number of hydrogen-bond acceptors (Lipinski definition) is 1. The maximum atomic E-state index is 2.51. The Labute approximate surface area is 233 Å². The summed E-state index contributed by atoms with van der Waals surface area (Å²) in [5.41, 5.74) is 11.3. The molecule has 7 aromatic carbocycles. The first-order valence-electron chi connectivity index (χ1n) is 14.0. The normalized spacial score (nSPS) is 14.2. The van der Waals surface area contributed by atoms with E-state index in [2.05, 4.69) is 157 Å². The fourth-order valence-electron chi connectivity index (χ4n) is 7.54. The van der Waals surface area contributed by atoms with Crippen LogP contribution in [0.3, 0.4) is 0 Å². The van der Waals surface area contributed by atoms with E-state index in [1.807, 2.05) is 0 Å². The molecule has 0 atom stereocenters. The first-order valence-corrected chi connectivity index (χ1v) is 14.0. The van der Waals surface area contributed by atoms with E-state index >= 15 is 0 Å². The summed E-state index contributed by atoms with van der Waals surface area (Å²) in [6, 6.07) is 56.0. The minimum atomic E-state index is -0.385. The molecule has 0 fully saturated rings. The molecule has 7 aromatic rings. The molecule has 0 amide bonds. The topological polar surface area (TPSA) is 3.24 Å². The van der Waals surface area contributed by atoms with Gasteiger partial charge < -0.3 is 4.90 Å². The molecule has 1 heteroatoms. The third-order valence-corrected chi connectivity index (χ3v) is 9.04. The van der Waals surface area contributed by atoms with Crippen LogP contribution in [0.2, 0.25) is 0 Å². The van der Waals surface area contributed by atoms with Crippen molar-refractivity contribution in [2.45, 2.75) is 5.41 Å². The van der Waals surface area contributed by atoms with Crippen molar-refractivity contribution in [3.05, 3.63) is 174 Å². The Bertz CT molecular complexity index is 2040. The van der Waals surface area contributed by atoms with Crippen LogP contribution in [0.5, 0.6) is 0 Å². The van der Waals surface area contributed by atoms with Gasteiger partial charge in [0.15, 0.2) is 0 Å². The molecule has 0 radical (unpaired) electrons.